The van der Waals surface area contributed by atoms with Crippen molar-refractivity contribution in [2.75, 3.05) is 6.54 Å². The van der Waals surface area contributed by atoms with Crippen LogP contribution in [0.15, 0.2) is 24.3 Å². The summed E-state index contributed by atoms with van der Waals surface area (Å²) < 4.78 is 5.32. The monoisotopic (exact) mass is 451 g/mol. The Bertz CT molecular complexity index is 549. The molecule has 0 aromatic carbocycles. The summed E-state index contributed by atoms with van der Waals surface area (Å²) >= 11 is 0. The van der Waals surface area contributed by atoms with Gasteiger partial charge in [0.15, 0.2) is 12.4 Å². The Hall–Kier alpha value is -2.15. The van der Waals surface area contributed by atoms with Crippen LogP contribution in [-0.4, -0.2) is 30.9 Å². The molecule has 0 aliphatic carbocycles. The first kappa shape index (κ1) is 29.9. The number of hydrogen-bond acceptors (Lipinski definition) is 5. The Morgan fingerprint density at radius 1 is 0.906 bits per heavy atom. The number of hydrazine groups is 1. The first-order chi connectivity index (χ1) is 15.6. The number of nitrogens with one attached hydrogen (secondary N) is 2. The number of carbonyl (C=O) groups is 3. The van der Waals surface area contributed by atoms with Gasteiger partial charge in [-0.1, -0.05) is 83.1 Å². The van der Waals surface area contributed by atoms with Gasteiger partial charge in [-0.05, 0) is 38.5 Å². The number of allylic oxidation sites excluding steroid dienone is 4. The van der Waals surface area contributed by atoms with Gasteiger partial charge in [-0.25, -0.2) is 10.6 Å². The zero-order valence-corrected chi connectivity index (χ0v) is 20.2. The minimum Gasteiger partial charge on any atom is -0.438 e. The van der Waals surface area contributed by atoms with E-state index in [9.17, 15) is 14.4 Å². The highest BCUT2D eigenvalue weighted by Crippen LogP contribution is 2.23. The lowest BCUT2D eigenvalue weighted by Gasteiger charge is -2.23. The summed E-state index contributed by atoms with van der Waals surface area (Å²) in [6.45, 7) is 4.02. The van der Waals surface area contributed by atoms with Crippen LogP contribution in [0.2, 0.25) is 0 Å². The fraction of sp³-hybridized carbons (Fsp3) is 0.720. The number of amides is 2. The van der Waals surface area contributed by atoms with Crippen molar-refractivity contribution in [1.29, 1.82) is 0 Å². The van der Waals surface area contributed by atoms with Crippen molar-refractivity contribution in [3.8, 4) is 0 Å². The van der Waals surface area contributed by atoms with E-state index < -0.39 is 18.1 Å². The standard InChI is InChI=1S/C25H45N3O4/c1-3-5-7-9-10-11-12-13-15-17-19-22(18-16-14-8-6-4-2)23(21-29)32-25(31)27-20-24(30)28-26/h5,7,10-11,21-23H,3-4,6,8-9,12-20,26H2,1-2H3,(H,27,31)(H,28,30). The van der Waals surface area contributed by atoms with Gasteiger partial charge in [0.05, 0.1) is 0 Å². The molecule has 0 spiro atoms. The van der Waals surface area contributed by atoms with Crippen LogP contribution in [0.5, 0.6) is 0 Å². The van der Waals surface area contributed by atoms with E-state index in [1.807, 2.05) is 5.43 Å². The average Bonchev–Trinajstić information content (AvgIpc) is 2.80. The number of hydrogen-bond donors (Lipinski definition) is 3. The Morgan fingerprint density at radius 3 is 2.19 bits per heavy atom. The smallest absolute Gasteiger partial charge is 0.408 e. The summed E-state index contributed by atoms with van der Waals surface area (Å²) in [7, 11) is 0. The van der Waals surface area contributed by atoms with Gasteiger partial charge in [-0.3, -0.25) is 15.0 Å². The van der Waals surface area contributed by atoms with E-state index in [1.54, 1.807) is 0 Å². The predicted octanol–water partition coefficient (Wildman–Crippen LogP) is 5.11. The van der Waals surface area contributed by atoms with Crippen molar-refractivity contribution >= 4 is 18.3 Å². The second-order valence-corrected chi connectivity index (χ2v) is 8.11. The van der Waals surface area contributed by atoms with E-state index in [-0.39, 0.29) is 12.5 Å². The highest BCUT2D eigenvalue weighted by atomic mass is 16.6. The molecule has 0 radical (unpaired) electrons. The van der Waals surface area contributed by atoms with Crippen molar-refractivity contribution in [3.05, 3.63) is 24.3 Å². The number of unbranched alkanes of at least 4 members (excludes halogenated alkanes) is 7. The van der Waals surface area contributed by atoms with Gasteiger partial charge < -0.3 is 10.1 Å². The molecule has 0 heterocycles. The molecule has 2 amide bonds. The van der Waals surface area contributed by atoms with Gasteiger partial charge in [0.25, 0.3) is 5.91 Å². The largest absolute Gasteiger partial charge is 0.438 e. The Morgan fingerprint density at radius 2 is 1.56 bits per heavy atom. The number of carbonyl (C=O) groups excluding carboxylic acids is 3. The normalized spacial score (nSPS) is 13.2. The topological polar surface area (TPSA) is 111 Å². The van der Waals surface area contributed by atoms with Gasteiger partial charge >= 0.3 is 6.09 Å². The van der Waals surface area contributed by atoms with Crippen LogP contribution in [0, 0.1) is 5.92 Å². The first-order valence-electron chi connectivity index (χ1n) is 12.3. The van der Waals surface area contributed by atoms with E-state index >= 15 is 0 Å². The van der Waals surface area contributed by atoms with Crippen LogP contribution in [0.25, 0.3) is 0 Å². The van der Waals surface area contributed by atoms with Crippen LogP contribution in [-0.2, 0) is 14.3 Å². The molecule has 0 bridgehead atoms. The van der Waals surface area contributed by atoms with Crippen molar-refractivity contribution in [2.45, 2.75) is 103 Å². The molecule has 184 valence electrons. The zero-order chi connectivity index (χ0) is 23.9. The molecule has 0 saturated carbocycles. The van der Waals surface area contributed by atoms with Crippen LogP contribution < -0.4 is 16.6 Å². The molecule has 0 rings (SSSR count). The molecular formula is C25H45N3O4. The quantitative estimate of drug-likeness (QED) is 0.0595. The number of alkyl carbamates (subject to hydrolysis) is 1. The van der Waals surface area contributed by atoms with Gasteiger partial charge in [-0.2, -0.15) is 0 Å². The fourth-order valence-corrected chi connectivity index (χ4v) is 3.49. The lowest BCUT2D eigenvalue weighted by Crippen LogP contribution is -2.42. The first-order valence-corrected chi connectivity index (χ1v) is 12.3. The molecule has 0 fully saturated rings. The Kier molecular flexibility index (Phi) is 20.6. The van der Waals surface area contributed by atoms with E-state index in [1.165, 1.54) is 19.3 Å². The maximum atomic E-state index is 12.0. The minimum atomic E-state index is -0.799. The lowest BCUT2D eigenvalue weighted by atomic mass is 9.90. The average molecular weight is 452 g/mol. The third kappa shape index (κ3) is 17.5. The van der Waals surface area contributed by atoms with Crippen LogP contribution in [0.4, 0.5) is 4.79 Å². The van der Waals surface area contributed by atoms with E-state index in [4.69, 9.17) is 10.6 Å². The third-order valence-electron chi connectivity index (χ3n) is 5.36. The van der Waals surface area contributed by atoms with Crippen LogP contribution in [0.1, 0.15) is 97.3 Å². The SMILES string of the molecule is CCC=CCC=CCCCCCC(CCCCCCC)C(C=O)OC(=O)NCC(=O)NN. The van der Waals surface area contributed by atoms with E-state index in [0.717, 1.165) is 64.2 Å². The zero-order valence-electron chi connectivity index (χ0n) is 20.2. The van der Waals surface area contributed by atoms with Crippen molar-refractivity contribution in [3.63, 3.8) is 0 Å². The number of ether oxygens (including phenoxy) is 1. The van der Waals surface area contributed by atoms with E-state index in [0.29, 0.717) is 6.29 Å². The molecule has 7 heteroatoms. The molecular weight excluding hydrogens is 406 g/mol. The highest BCUT2D eigenvalue weighted by molar-refractivity contribution is 5.82. The van der Waals surface area contributed by atoms with Gasteiger partial charge in [0.1, 0.15) is 6.54 Å². The molecule has 0 aliphatic heterocycles. The molecule has 2 atom stereocenters. The van der Waals surface area contributed by atoms with E-state index in [2.05, 4.69) is 43.5 Å². The van der Waals surface area contributed by atoms with Gasteiger partial charge in [0.2, 0.25) is 0 Å². The molecule has 0 saturated heterocycles. The molecule has 4 N–H and O–H groups in total. The highest BCUT2D eigenvalue weighted by Gasteiger charge is 2.24. The number of nitrogens with two attached hydrogens (primary N) is 1. The summed E-state index contributed by atoms with van der Waals surface area (Å²) in [5.74, 6) is 4.46. The number of aldehydes is 1. The Labute approximate surface area is 194 Å². The third-order valence-corrected chi connectivity index (χ3v) is 5.36. The number of rotatable bonds is 20. The molecule has 7 nitrogen and oxygen atoms in total. The summed E-state index contributed by atoms with van der Waals surface area (Å²) in [5, 5.41) is 2.32. The maximum absolute atomic E-state index is 12.0. The van der Waals surface area contributed by atoms with Crippen LogP contribution >= 0.6 is 0 Å². The lowest BCUT2D eigenvalue weighted by molar-refractivity contribution is -0.120. The van der Waals surface area contributed by atoms with Crippen LogP contribution in [0.3, 0.4) is 0 Å². The molecule has 32 heavy (non-hydrogen) atoms. The summed E-state index contributed by atoms with van der Waals surface area (Å²) in [4.78, 5) is 34.8. The van der Waals surface area contributed by atoms with Crippen molar-refractivity contribution < 1.29 is 19.1 Å². The second-order valence-electron chi connectivity index (χ2n) is 8.11. The van der Waals surface area contributed by atoms with Gasteiger partial charge in [-0.15, -0.1) is 0 Å². The molecule has 0 aromatic heterocycles. The minimum absolute atomic E-state index is 0.00191. The summed E-state index contributed by atoms with van der Waals surface area (Å²) in [6, 6.07) is 0. The van der Waals surface area contributed by atoms with Crippen molar-refractivity contribution in [1.82, 2.24) is 10.7 Å². The molecule has 0 aliphatic rings. The van der Waals surface area contributed by atoms with Crippen molar-refractivity contribution in [2.24, 2.45) is 11.8 Å². The fourth-order valence-electron chi connectivity index (χ4n) is 3.49. The molecule has 0 aromatic rings. The maximum Gasteiger partial charge on any atom is 0.408 e. The summed E-state index contributed by atoms with van der Waals surface area (Å²) in [6.07, 6.45) is 21.6. The second kappa shape index (κ2) is 22.1. The van der Waals surface area contributed by atoms with Gasteiger partial charge in [0, 0.05) is 5.92 Å². The Balaban J connectivity index is 4.49. The molecule has 2 unspecified atom stereocenters. The summed E-state index contributed by atoms with van der Waals surface area (Å²) in [5.41, 5.74) is 1.93. The predicted molar refractivity (Wildman–Crippen MR) is 130 cm³/mol.